The molecule has 0 spiro atoms. The molecular formula is C10H14FNO3S. The first-order valence-electron chi connectivity index (χ1n) is 4.78. The standard InChI is InChI=1S/C10H14FNO3S/c1-8-4-2-5-9(10(8)11)15-6-3-7-16(12,13)14/h2,4-5H,3,6-7H2,1H3,(H2,12,13,14). The summed E-state index contributed by atoms with van der Waals surface area (Å²) >= 11 is 0. The molecule has 1 aromatic rings. The van der Waals surface area contributed by atoms with Crippen molar-refractivity contribution in [2.45, 2.75) is 13.3 Å². The Balaban J connectivity index is 2.47. The second-order valence-corrected chi connectivity index (χ2v) is 5.19. The van der Waals surface area contributed by atoms with E-state index < -0.39 is 15.8 Å². The number of rotatable bonds is 5. The molecule has 0 unspecified atom stereocenters. The zero-order valence-electron chi connectivity index (χ0n) is 8.94. The van der Waals surface area contributed by atoms with Crippen molar-refractivity contribution in [2.75, 3.05) is 12.4 Å². The van der Waals surface area contributed by atoms with E-state index in [0.717, 1.165) is 0 Å². The van der Waals surface area contributed by atoms with Crippen LogP contribution in [0.15, 0.2) is 18.2 Å². The van der Waals surface area contributed by atoms with Gasteiger partial charge in [0.2, 0.25) is 10.0 Å². The van der Waals surface area contributed by atoms with Crippen LogP contribution < -0.4 is 9.88 Å². The molecule has 16 heavy (non-hydrogen) atoms. The molecule has 0 fully saturated rings. The van der Waals surface area contributed by atoms with E-state index in [-0.39, 0.29) is 24.5 Å². The van der Waals surface area contributed by atoms with Crippen LogP contribution >= 0.6 is 0 Å². The van der Waals surface area contributed by atoms with Crippen molar-refractivity contribution in [3.05, 3.63) is 29.6 Å². The maximum atomic E-state index is 13.4. The SMILES string of the molecule is Cc1cccc(OCCCS(N)(=O)=O)c1F. The number of primary sulfonamides is 1. The van der Waals surface area contributed by atoms with Gasteiger partial charge in [-0.1, -0.05) is 12.1 Å². The first kappa shape index (κ1) is 12.9. The molecule has 0 bridgehead atoms. The Kier molecular flexibility index (Phi) is 4.26. The number of hydrogen-bond donors (Lipinski definition) is 1. The monoisotopic (exact) mass is 247 g/mol. The second kappa shape index (κ2) is 5.27. The molecule has 0 aliphatic rings. The van der Waals surface area contributed by atoms with Crippen LogP contribution in [0.3, 0.4) is 0 Å². The predicted molar refractivity (Wildman–Crippen MR) is 59.2 cm³/mol. The number of aryl methyl sites for hydroxylation is 1. The van der Waals surface area contributed by atoms with E-state index in [1.165, 1.54) is 6.07 Å². The van der Waals surface area contributed by atoms with Crippen molar-refractivity contribution in [3.63, 3.8) is 0 Å². The van der Waals surface area contributed by atoms with E-state index in [2.05, 4.69) is 0 Å². The quantitative estimate of drug-likeness (QED) is 0.795. The van der Waals surface area contributed by atoms with Crippen LogP contribution in [0.25, 0.3) is 0 Å². The summed E-state index contributed by atoms with van der Waals surface area (Å²) in [5, 5.41) is 4.81. The normalized spacial score (nSPS) is 11.4. The van der Waals surface area contributed by atoms with Crippen molar-refractivity contribution < 1.29 is 17.5 Å². The van der Waals surface area contributed by atoms with Gasteiger partial charge in [-0.25, -0.2) is 17.9 Å². The van der Waals surface area contributed by atoms with Crippen molar-refractivity contribution in [1.82, 2.24) is 0 Å². The third kappa shape index (κ3) is 4.16. The number of ether oxygens (including phenoxy) is 1. The minimum Gasteiger partial charge on any atom is -0.490 e. The highest BCUT2D eigenvalue weighted by Gasteiger charge is 2.06. The Morgan fingerprint density at radius 3 is 2.75 bits per heavy atom. The minimum absolute atomic E-state index is 0.122. The molecule has 6 heteroatoms. The first-order chi connectivity index (χ1) is 7.40. The van der Waals surface area contributed by atoms with Crippen LogP contribution in [0, 0.1) is 12.7 Å². The molecule has 2 N–H and O–H groups in total. The van der Waals surface area contributed by atoms with Gasteiger partial charge in [-0.05, 0) is 25.0 Å². The highest BCUT2D eigenvalue weighted by molar-refractivity contribution is 7.89. The molecule has 1 aromatic carbocycles. The summed E-state index contributed by atoms with van der Waals surface area (Å²) in [5.41, 5.74) is 0.490. The predicted octanol–water partition coefficient (Wildman–Crippen LogP) is 1.19. The Hall–Kier alpha value is -1.14. The van der Waals surface area contributed by atoms with Gasteiger partial charge in [0.05, 0.1) is 12.4 Å². The van der Waals surface area contributed by atoms with E-state index in [1.54, 1.807) is 19.1 Å². The highest BCUT2D eigenvalue weighted by atomic mass is 32.2. The van der Waals surface area contributed by atoms with E-state index in [1.807, 2.05) is 0 Å². The topological polar surface area (TPSA) is 69.4 Å². The number of halogens is 1. The summed E-state index contributed by atoms with van der Waals surface area (Å²) in [6.45, 7) is 1.75. The average molecular weight is 247 g/mol. The molecule has 90 valence electrons. The van der Waals surface area contributed by atoms with Crippen molar-refractivity contribution in [1.29, 1.82) is 0 Å². The lowest BCUT2D eigenvalue weighted by Gasteiger charge is -2.07. The molecule has 0 heterocycles. The van der Waals surface area contributed by atoms with Crippen LogP contribution in [0.2, 0.25) is 0 Å². The Morgan fingerprint density at radius 1 is 1.44 bits per heavy atom. The molecule has 0 saturated heterocycles. The van der Waals surface area contributed by atoms with Gasteiger partial charge >= 0.3 is 0 Å². The largest absolute Gasteiger partial charge is 0.490 e. The third-order valence-electron chi connectivity index (χ3n) is 1.99. The van der Waals surface area contributed by atoms with Crippen LogP contribution in [-0.2, 0) is 10.0 Å². The van der Waals surface area contributed by atoms with Crippen LogP contribution in [0.5, 0.6) is 5.75 Å². The number of sulfonamides is 1. The molecule has 0 aliphatic heterocycles. The molecule has 0 aliphatic carbocycles. The fourth-order valence-electron chi connectivity index (χ4n) is 1.17. The van der Waals surface area contributed by atoms with Crippen molar-refractivity contribution >= 4 is 10.0 Å². The zero-order chi connectivity index (χ0) is 12.2. The summed E-state index contributed by atoms with van der Waals surface area (Å²) in [7, 11) is -3.47. The maximum Gasteiger partial charge on any atom is 0.209 e. The molecule has 0 radical (unpaired) electrons. The fraction of sp³-hybridized carbons (Fsp3) is 0.400. The smallest absolute Gasteiger partial charge is 0.209 e. The number of nitrogens with two attached hydrogens (primary N) is 1. The van der Waals surface area contributed by atoms with Gasteiger partial charge in [-0.15, -0.1) is 0 Å². The number of benzene rings is 1. The van der Waals surface area contributed by atoms with Crippen molar-refractivity contribution in [3.8, 4) is 5.75 Å². The van der Waals surface area contributed by atoms with E-state index in [9.17, 15) is 12.8 Å². The lowest BCUT2D eigenvalue weighted by molar-refractivity contribution is 0.301. The molecular weight excluding hydrogens is 233 g/mol. The van der Waals surface area contributed by atoms with E-state index >= 15 is 0 Å². The summed E-state index contributed by atoms with van der Waals surface area (Å²) in [6, 6.07) is 4.80. The average Bonchev–Trinajstić information content (AvgIpc) is 2.17. The van der Waals surface area contributed by atoms with Gasteiger partial charge in [0.15, 0.2) is 11.6 Å². The van der Waals surface area contributed by atoms with Crippen molar-refractivity contribution in [2.24, 2.45) is 5.14 Å². The molecule has 0 atom stereocenters. The highest BCUT2D eigenvalue weighted by Crippen LogP contribution is 2.19. The molecule has 4 nitrogen and oxygen atoms in total. The first-order valence-corrected chi connectivity index (χ1v) is 6.50. The summed E-state index contributed by atoms with van der Waals surface area (Å²) < 4.78 is 39.7. The molecule has 0 amide bonds. The third-order valence-corrected chi connectivity index (χ3v) is 2.84. The van der Waals surface area contributed by atoms with Gasteiger partial charge in [0.25, 0.3) is 0 Å². The molecule has 0 saturated carbocycles. The van der Waals surface area contributed by atoms with Crippen LogP contribution in [0.1, 0.15) is 12.0 Å². The number of hydrogen-bond acceptors (Lipinski definition) is 3. The van der Waals surface area contributed by atoms with Crippen LogP contribution in [0.4, 0.5) is 4.39 Å². The molecule has 1 rings (SSSR count). The lowest BCUT2D eigenvalue weighted by Crippen LogP contribution is -2.18. The zero-order valence-corrected chi connectivity index (χ0v) is 9.76. The van der Waals surface area contributed by atoms with Gasteiger partial charge in [0.1, 0.15) is 0 Å². The minimum atomic E-state index is -3.47. The Labute approximate surface area is 94.3 Å². The van der Waals surface area contributed by atoms with E-state index in [0.29, 0.717) is 5.56 Å². The molecule has 0 aromatic heterocycles. The summed E-state index contributed by atoms with van der Waals surface area (Å²) in [5.74, 6) is -0.451. The van der Waals surface area contributed by atoms with Gasteiger partial charge in [-0.3, -0.25) is 0 Å². The summed E-state index contributed by atoms with van der Waals surface area (Å²) in [6.07, 6.45) is 0.242. The van der Waals surface area contributed by atoms with E-state index in [4.69, 9.17) is 9.88 Å². The lowest BCUT2D eigenvalue weighted by atomic mass is 10.2. The fourth-order valence-corrected chi connectivity index (χ4v) is 1.69. The second-order valence-electron chi connectivity index (χ2n) is 3.46. The Morgan fingerprint density at radius 2 is 2.12 bits per heavy atom. The van der Waals surface area contributed by atoms with Crippen LogP contribution in [-0.4, -0.2) is 20.8 Å². The van der Waals surface area contributed by atoms with Gasteiger partial charge < -0.3 is 4.74 Å². The summed E-state index contributed by atoms with van der Waals surface area (Å²) in [4.78, 5) is 0. The maximum absolute atomic E-state index is 13.4. The van der Waals surface area contributed by atoms with Gasteiger partial charge in [0, 0.05) is 0 Å². The Bertz CT molecular complexity index is 459. The van der Waals surface area contributed by atoms with Gasteiger partial charge in [-0.2, -0.15) is 0 Å².